The van der Waals surface area contributed by atoms with Gasteiger partial charge in [0.1, 0.15) is 5.54 Å². The van der Waals surface area contributed by atoms with Crippen molar-refractivity contribution in [1.29, 1.82) is 5.26 Å². The molecule has 0 fully saturated rings. The fourth-order valence-corrected chi connectivity index (χ4v) is 5.04. The maximum Gasteiger partial charge on any atom is 0.235 e. The van der Waals surface area contributed by atoms with Crippen molar-refractivity contribution >= 4 is 29.3 Å². The van der Waals surface area contributed by atoms with E-state index >= 15 is 0 Å². The van der Waals surface area contributed by atoms with E-state index in [9.17, 15) is 10.1 Å². The zero-order valence-electron chi connectivity index (χ0n) is 18.0. The van der Waals surface area contributed by atoms with Crippen LogP contribution in [0.2, 0.25) is 0 Å². The van der Waals surface area contributed by atoms with E-state index in [1.54, 1.807) is 24.5 Å². The molecule has 160 valence electrons. The van der Waals surface area contributed by atoms with Crippen LogP contribution in [-0.4, -0.2) is 23.8 Å². The number of hydrogen-bond donors (Lipinski definition) is 1. The van der Waals surface area contributed by atoms with Gasteiger partial charge in [0.15, 0.2) is 5.96 Å². The van der Waals surface area contributed by atoms with Crippen LogP contribution in [0.25, 0.3) is 17.2 Å². The lowest BCUT2D eigenvalue weighted by Crippen LogP contribution is -2.53. The molecule has 6 heteroatoms. The summed E-state index contributed by atoms with van der Waals surface area (Å²) in [6.45, 7) is 1.98. The molecular formula is C26H24N4OS. The second-order valence-electron chi connectivity index (χ2n) is 8.01. The second-order valence-corrected chi connectivity index (χ2v) is 8.92. The minimum Gasteiger partial charge on any atom is -0.369 e. The second kappa shape index (κ2) is 8.81. The first-order valence-electron chi connectivity index (χ1n) is 10.4. The number of nitrogens with zero attached hydrogens (tertiary/aromatic N) is 3. The summed E-state index contributed by atoms with van der Waals surface area (Å²) in [4.78, 5) is 20.4. The third kappa shape index (κ3) is 4.08. The average molecular weight is 441 g/mol. The normalized spacial score (nSPS) is 20.9. The van der Waals surface area contributed by atoms with E-state index in [1.165, 1.54) is 4.90 Å². The highest BCUT2D eigenvalue weighted by Gasteiger charge is 2.46. The predicted molar refractivity (Wildman–Crippen MR) is 130 cm³/mol. The van der Waals surface area contributed by atoms with Gasteiger partial charge >= 0.3 is 0 Å². The van der Waals surface area contributed by atoms with Gasteiger partial charge in [-0.2, -0.15) is 5.26 Å². The summed E-state index contributed by atoms with van der Waals surface area (Å²) in [5.74, 6) is -0.196. The molecule has 2 atom stereocenters. The topological polar surface area (TPSA) is 82.5 Å². The number of benzene rings is 2. The number of aliphatic imine (C=N–C) groups is 1. The Labute approximate surface area is 192 Å². The lowest BCUT2D eigenvalue weighted by molar-refractivity contribution is -0.133. The third-order valence-electron chi connectivity index (χ3n) is 5.90. The molecule has 1 aromatic heterocycles. The Hall–Kier alpha value is -3.69. The minimum atomic E-state index is -0.773. The summed E-state index contributed by atoms with van der Waals surface area (Å²) in [6, 6.07) is 21.8. The molecule has 1 aliphatic rings. The molecule has 2 aromatic carbocycles. The Morgan fingerprint density at radius 2 is 1.97 bits per heavy atom. The Morgan fingerprint density at radius 1 is 1.19 bits per heavy atom. The molecule has 0 unspecified atom stereocenters. The molecule has 0 saturated heterocycles. The van der Waals surface area contributed by atoms with Gasteiger partial charge in [0.05, 0.1) is 17.6 Å². The highest BCUT2D eigenvalue weighted by molar-refractivity contribution is 7.10. The number of carbonyl (C=O) groups excluding carboxylic acids is 1. The van der Waals surface area contributed by atoms with E-state index in [0.29, 0.717) is 12.0 Å². The maximum absolute atomic E-state index is 13.2. The van der Waals surface area contributed by atoms with Crippen LogP contribution in [0, 0.1) is 17.2 Å². The molecule has 0 bridgehead atoms. The summed E-state index contributed by atoms with van der Waals surface area (Å²) < 4.78 is 0. The van der Waals surface area contributed by atoms with Gasteiger partial charge in [-0.15, -0.1) is 11.3 Å². The van der Waals surface area contributed by atoms with Crippen molar-refractivity contribution in [1.82, 2.24) is 4.90 Å². The Balaban J connectivity index is 1.69. The molecule has 0 spiro atoms. The van der Waals surface area contributed by atoms with E-state index in [2.05, 4.69) is 12.1 Å². The number of hydrogen-bond acceptors (Lipinski definition) is 5. The van der Waals surface area contributed by atoms with E-state index in [0.717, 1.165) is 21.6 Å². The standard InChI is InChI=1S/C26H24N4OS/c1-26(23-15-21(17-32-23)20-12-6-11-19(14-20)16-27)22(24(31)30(2)25(28)29-26)13-7-10-18-8-4-3-5-9-18/h3-12,14-15,17,22H,13H2,1-2H3,(H2,28,29)/t22-,26-/m0/s1. The van der Waals surface area contributed by atoms with Gasteiger partial charge in [-0.25, -0.2) is 4.99 Å². The van der Waals surface area contributed by atoms with Gasteiger partial charge in [-0.05, 0) is 53.6 Å². The first-order chi connectivity index (χ1) is 15.4. The Kier molecular flexibility index (Phi) is 5.93. The molecule has 0 saturated carbocycles. The van der Waals surface area contributed by atoms with Crippen LogP contribution in [0.1, 0.15) is 29.3 Å². The fraction of sp³-hybridized carbons (Fsp3) is 0.192. The molecule has 0 radical (unpaired) electrons. The van der Waals surface area contributed by atoms with Crippen molar-refractivity contribution in [3.05, 3.63) is 88.1 Å². The maximum atomic E-state index is 13.2. The van der Waals surface area contributed by atoms with Gasteiger partial charge in [-0.3, -0.25) is 9.69 Å². The molecule has 1 amide bonds. The van der Waals surface area contributed by atoms with Gasteiger partial charge in [0.2, 0.25) is 5.91 Å². The van der Waals surface area contributed by atoms with Crippen LogP contribution < -0.4 is 5.73 Å². The van der Waals surface area contributed by atoms with E-state index in [-0.39, 0.29) is 17.8 Å². The van der Waals surface area contributed by atoms with Gasteiger partial charge in [-0.1, -0.05) is 54.6 Å². The number of nitrogens with two attached hydrogens (primary N) is 1. The summed E-state index contributed by atoms with van der Waals surface area (Å²) >= 11 is 1.56. The zero-order chi connectivity index (χ0) is 22.7. The predicted octanol–water partition coefficient (Wildman–Crippen LogP) is 5.01. The highest BCUT2D eigenvalue weighted by atomic mass is 32.1. The number of carbonyl (C=O) groups is 1. The quantitative estimate of drug-likeness (QED) is 0.605. The number of guanidine groups is 1. The molecular weight excluding hydrogens is 416 g/mol. The molecule has 1 aliphatic heterocycles. The molecule has 2 N–H and O–H groups in total. The van der Waals surface area contributed by atoms with Gasteiger partial charge < -0.3 is 5.73 Å². The van der Waals surface area contributed by atoms with Crippen LogP contribution in [0.5, 0.6) is 0 Å². The van der Waals surface area contributed by atoms with Crippen molar-refractivity contribution in [2.24, 2.45) is 16.6 Å². The van der Waals surface area contributed by atoms with Gasteiger partial charge in [0.25, 0.3) is 0 Å². The zero-order valence-corrected chi connectivity index (χ0v) is 18.8. The minimum absolute atomic E-state index is 0.0425. The molecule has 3 aromatic rings. The van der Waals surface area contributed by atoms with Crippen molar-refractivity contribution in [3.8, 4) is 17.2 Å². The SMILES string of the molecule is CN1C(=O)[C@H](CC=Cc2ccccc2)[C@@](C)(c2cc(-c3cccc(C#N)c3)cs2)N=C1N. The Morgan fingerprint density at radius 3 is 2.72 bits per heavy atom. The monoisotopic (exact) mass is 440 g/mol. The largest absolute Gasteiger partial charge is 0.369 e. The van der Waals surface area contributed by atoms with Crippen molar-refractivity contribution in [2.45, 2.75) is 18.9 Å². The number of rotatable bonds is 5. The summed E-state index contributed by atoms with van der Waals surface area (Å²) in [7, 11) is 1.67. The van der Waals surface area contributed by atoms with Crippen LogP contribution in [0.4, 0.5) is 0 Å². The average Bonchev–Trinajstić information content (AvgIpc) is 3.32. The van der Waals surface area contributed by atoms with E-state index in [4.69, 9.17) is 10.7 Å². The van der Waals surface area contributed by atoms with Gasteiger partial charge in [0, 0.05) is 11.9 Å². The van der Waals surface area contributed by atoms with Crippen LogP contribution in [0.15, 0.2) is 77.1 Å². The van der Waals surface area contributed by atoms with Crippen molar-refractivity contribution in [2.75, 3.05) is 7.05 Å². The Bertz CT molecular complexity index is 1240. The number of amides is 1. The molecule has 2 heterocycles. The molecule has 0 aliphatic carbocycles. The lowest BCUT2D eigenvalue weighted by atomic mass is 9.79. The number of thiophene rings is 1. The number of allylic oxidation sites excluding steroid dienone is 1. The van der Waals surface area contributed by atoms with Crippen LogP contribution in [-0.2, 0) is 10.3 Å². The third-order valence-corrected chi connectivity index (χ3v) is 7.06. The summed E-state index contributed by atoms with van der Waals surface area (Å²) in [6.07, 6.45) is 4.61. The van der Waals surface area contributed by atoms with E-state index in [1.807, 2.05) is 73.0 Å². The van der Waals surface area contributed by atoms with Crippen molar-refractivity contribution < 1.29 is 4.79 Å². The molecule has 5 nitrogen and oxygen atoms in total. The fourth-order valence-electron chi connectivity index (χ4n) is 3.96. The first kappa shape index (κ1) is 21.5. The van der Waals surface area contributed by atoms with Crippen LogP contribution in [0.3, 0.4) is 0 Å². The van der Waals surface area contributed by atoms with Crippen LogP contribution >= 0.6 is 11.3 Å². The molecule has 4 rings (SSSR count). The number of nitriles is 1. The first-order valence-corrected chi connectivity index (χ1v) is 11.2. The van der Waals surface area contributed by atoms with Crippen molar-refractivity contribution in [3.63, 3.8) is 0 Å². The molecule has 32 heavy (non-hydrogen) atoms. The summed E-state index contributed by atoms with van der Waals surface area (Å²) in [5, 5.41) is 11.3. The smallest absolute Gasteiger partial charge is 0.235 e. The van der Waals surface area contributed by atoms with E-state index < -0.39 is 5.54 Å². The lowest BCUT2D eigenvalue weighted by Gasteiger charge is -2.39. The highest BCUT2D eigenvalue weighted by Crippen LogP contribution is 2.44. The summed E-state index contributed by atoms with van der Waals surface area (Å²) in [5.41, 5.74) is 9.02.